The Bertz CT molecular complexity index is 704. The summed E-state index contributed by atoms with van der Waals surface area (Å²) in [6, 6.07) is 13.3. The van der Waals surface area contributed by atoms with E-state index in [1.165, 1.54) is 7.05 Å². The standard InChI is InChI=1S/C17H18ClN3O2/c1-11-8-9-13(10-14(11)18)20-15(12-6-4-3-5-7-12)16(22)21-17(23)19-2/h3-10,15,20H,1-2H3,(H2,19,21,22,23)/t15-/m1/s1. The summed E-state index contributed by atoms with van der Waals surface area (Å²) in [7, 11) is 1.45. The maximum atomic E-state index is 12.4. The Morgan fingerprint density at radius 3 is 2.39 bits per heavy atom. The topological polar surface area (TPSA) is 70.2 Å². The molecular weight excluding hydrogens is 314 g/mol. The second kappa shape index (κ2) is 7.65. The first kappa shape index (κ1) is 16.8. The van der Waals surface area contributed by atoms with Crippen molar-refractivity contribution < 1.29 is 9.59 Å². The van der Waals surface area contributed by atoms with Crippen LogP contribution in [0, 0.1) is 6.92 Å². The van der Waals surface area contributed by atoms with Gasteiger partial charge < -0.3 is 10.6 Å². The molecule has 3 N–H and O–H groups in total. The number of halogens is 1. The number of carbonyl (C=O) groups excluding carboxylic acids is 2. The van der Waals surface area contributed by atoms with Gasteiger partial charge in [0.1, 0.15) is 6.04 Å². The molecule has 0 aliphatic rings. The Kier molecular flexibility index (Phi) is 5.60. The van der Waals surface area contributed by atoms with Crippen LogP contribution in [0.2, 0.25) is 5.02 Å². The van der Waals surface area contributed by atoms with Crippen LogP contribution >= 0.6 is 11.6 Å². The van der Waals surface area contributed by atoms with Crippen LogP contribution < -0.4 is 16.0 Å². The van der Waals surface area contributed by atoms with Gasteiger partial charge in [0.2, 0.25) is 0 Å². The summed E-state index contributed by atoms with van der Waals surface area (Å²) in [5, 5.41) is 8.37. The Morgan fingerprint density at radius 1 is 1.09 bits per heavy atom. The van der Waals surface area contributed by atoms with Crippen LogP contribution in [0.1, 0.15) is 17.2 Å². The third kappa shape index (κ3) is 4.47. The lowest BCUT2D eigenvalue weighted by molar-refractivity contribution is -0.120. The van der Waals surface area contributed by atoms with Gasteiger partial charge in [0.05, 0.1) is 0 Å². The van der Waals surface area contributed by atoms with Crippen molar-refractivity contribution in [3.63, 3.8) is 0 Å². The lowest BCUT2D eigenvalue weighted by atomic mass is 10.1. The van der Waals surface area contributed by atoms with E-state index in [1.807, 2.05) is 49.4 Å². The number of anilines is 1. The molecule has 0 fully saturated rings. The Morgan fingerprint density at radius 2 is 1.78 bits per heavy atom. The number of aryl methyl sites for hydroxylation is 1. The average molecular weight is 332 g/mol. The van der Waals surface area contributed by atoms with Crippen LogP contribution in [0.3, 0.4) is 0 Å². The predicted octanol–water partition coefficient (Wildman–Crippen LogP) is 3.26. The minimum Gasteiger partial charge on any atom is -0.370 e. The summed E-state index contributed by atoms with van der Waals surface area (Å²) >= 11 is 6.12. The number of imide groups is 1. The van der Waals surface area contributed by atoms with Crippen LogP contribution in [0.4, 0.5) is 10.5 Å². The predicted molar refractivity (Wildman–Crippen MR) is 91.6 cm³/mol. The van der Waals surface area contributed by atoms with Crippen molar-refractivity contribution in [3.8, 4) is 0 Å². The first-order chi connectivity index (χ1) is 11.0. The van der Waals surface area contributed by atoms with Crippen molar-refractivity contribution >= 4 is 29.2 Å². The molecule has 2 aromatic carbocycles. The highest BCUT2D eigenvalue weighted by Gasteiger charge is 2.22. The van der Waals surface area contributed by atoms with Gasteiger partial charge in [-0.1, -0.05) is 48.0 Å². The number of rotatable bonds is 4. The minimum atomic E-state index is -0.715. The quantitative estimate of drug-likeness (QED) is 0.805. The molecule has 120 valence electrons. The van der Waals surface area contributed by atoms with Gasteiger partial charge in [-0.25, -0.2) is 4.79 Å². The van der Waals surface area contributed by atoms with Crippen LogP contribution in [0.25, 0.3) is 0 Å². The number of benzene rings is 2. The van der Waals surface area contributed by atoms with Crippen molar-refractivity contribution in [2.75, 3.05) is 12.4 Å². The van der Waals surface area contributed by atoms with Gasteiger partial charge in [-0.15, -0.1) is 0 Å². The van der Waals surface area contributed by atoms with Crippen molar-refractivity contribution in [2.45, 2.75) is 13.0 Å². The summed E-state index contributed by atoms with van der Waals surface area (Å²) in [6.07, 6.45) is 0. The lowest BCUT2D eigenvalue weighted by Gasteiger charge is -2.20. The molecule has 0 aromatic heterocycles. The Balaban J connectivity index is 2.28. The highest BCUT2D eigenvalue weighted by Crippen LogP contribution is 2.24. The highest BCUT2D eigenvalue weighted by atomic mass is 35.5. The van der Waals surface area contributed by atoms with Crippen molar-refractivity contribution in [1.82, 2.24) is 10.6 Å². The van der Waals surface area contributed by atoms with E-state index in [0.29, 0.717) is 10.7 Å². The molecule has 3 amide bonds. The van der Waals surface area contributed by atoms with E-state index < -0.39 is 18.0 Å². The van der Waals surface area contributed by atoms with Crippen molar-refractivity contribution in [1.29, 1.82) is 0 Å². The molecule has 0 saturated heterocycles. The molecule has 2 rings (SSSR count). The molecule has 0 aliphatic heterocycles. The third-order valence-electron chi connectivity index (χ3n) is 3.34. The highest BCUT2D eigenvalue weighted by molar-refractivity contribution is 6.31. The monoisotopic (exact) mass is 331 g/mol. The molecule has 2 aromatic rings. The normalized spacial score (nSPS) is 11.4. The first-order valence-electron chi connectivity index (χ1n) is 7.11. The molecule has 1 atom stereocenters. The molecule has 0 unspecified atom stereocenters. The molecule has 0 heterocycles. The smallest absolute Gasteiger partial charge is 0.321 e. The van der Waals surface area contributed by atoms with E-state index in [-0.39, 0.29) is 0 Å². The zero-order chi connectivity index (χ0) is 16.8. The Hall–Kier alpha value is -2.53. The molecule has 5 nitrogen and oxygen atoms in total. The SMILES string of the molecule is CNC(=O)NC(=O)[C@H](Nc1ccc(C)c(Cl)c1)c1ccccc1. The van der Waals surface area contributed by atoms with Crippen LogP contribution in [-0.2, 0) is 4.79 Å². The van der Waals surface area contributed by atoms with Gasteiger partial charge >= 0.3 is 6.03 Å². The number of amides is 3. The molecule has 0 saturated carbocycles. The molecule has 0 bridgehead atoms. The summed E-state index contributed by atoms with van der Waals surface area (Å²) in [5.41, 5.74) is 2.38. The second-order valence-corrected chi connectivity index (χ2v) is 5.43. The zero-order valence-corrected chi connectivity index (χ0v) is 13.6. The van der Waals surface area contributed by atoms with E-state index in [1.54, 1.807) is 6.07 Å². The fourth-order valence-electron chi connectivity index (χ4n) is 2.04. The van der Waals surface area contributed by atoms with E-state index in [0.717, 1.165) is 11.1 Å². The van der Waals surface area contributed by atoms with Gasteiger partial charge in [-0.2, -0.15) is 0 Å². The third-order valence-corrected chi connectivity index (χ3v) is 3.75. The fraction of sp³-hybridized carbons (Fsp3) is 0.176. The van der Waals surface area contributed by atoms with E-state index in [4.69, 9.17) is 11.6 Å². The van der Waals surface area contributed by atoms with Crippen LogP contribution in [-0.4, -0.2) is 19.0 Å². The number of hydrogen-bond donors (Lipinski definition) is 3. The van der Waals surface area contributed by atoms with Crippen molar-refractivity contribution in [3.05, 3.63) is 64.7 Å². The van der Waals surface area contributed by atoms with Crippen LogP contribution in [0.5, 0.6) is 0 Å². The number of hydrogen-bond acceptors (Lipinski definition) is 3. The summed E-state index contributed by atoms with van der Waals surface area (Å²) in [6.45, 7) is 1.90. The molecule has 0 spiro atoms. The van der Waals surface area contributed by atoms with E-state index in [9.17, 15) is 9.59 Å². The van der Waals surface area contributed by atoms with Gasteiger partial charge in [0.25, 0.3) is 5.91 Å². The lowest BCUT2D eigenvalue weighted by Crippen LogP contribution is -2.42. The average Bonchev–Trinajstić information content (AvgIpc) is 2.56. The molecule has 6 heteroatoms. The second-order valence-electron chi connectivity index (χ2n) is 5.02. The summed E-state index contributed by atoms with van der Waals surface area (Å²) < 4.78 is 0. The number of carbonyl (C=O) groups is 2. The van der Waals surface area contributed by atoms with Gasteiger partial charge in [-0.05, 0) is 30.2 Å². The van der Waals surface area contributed by atoms with Gasteiger partial charge in [-0.3, -0.25) is 10.1 Å². The van der Waals surface area contributed by atoms with E-state index in [2.05, 4.69) is 16.0 Å². The minimum absolute atomic E-state index is 0.452. The Labute approximate surface area is 140 Å². The summed E-state index contributed by atoms with van der Waals surface area (Å²) in [4.78, 5) is 23.8. The molecular formula is C17H18ClN3O2. The van der Waals surface area contributed by atoms with Gasteiger partial charge in [0, 0.05) is 17.8 Å². The van der Waals surface area contributed by atoms with Gasteiger partial charge in [0.15, 0.2) is 0 Å². The van der Waals surface area contributed by atoms with E-state index >= 15 is 0 Å². The molecule has 0 aliphatic carbocycles. The fourth-order valence-corrected chi connectivity index (χ4v) is 2.22. The molecule has 0 radical (unpaired) electrons. The van der Waals surface area contributed by atoms with Crippen LogP contribution in [0.15, 0.2) is 48.5 Å². The summed E-state index contributed by atoms with van der Waals surface area (Å²) in [5.74, 6) is -0.452. The molecule has 23 heavy (non-hydrogen) atoms. The maximum absolute atomic E-state index is 12.4. The van der Waals surface area contributed by atoms with Crippen molar-refractivity contribution in [2.24, 2.45) is 0 Å². The number of nitrogens with one attached hydrogen (secondary N) is 3. The number of urea groups is 1. The largest absolute Gasteiger partial charge is 0.370 e. The zero-order valence-electron chi connectivity index (χ0n) is 12.9. The maximum Gasteiger partial charge on any atom is 0.321 e. The first-order valence-corrected chi connectivity index (χ1v) is 7.49.